The predicted octanol–water partition coefficient (Wildman–Crippen LogP) is 2.74. The summed E-state index contributed by atoms with van der Waals surface area (Å²) >= 11 is 5.85. The van der Waals surface area contributed by atoms with Crippen LogP contribution >= 0.6 is 11.6 Å². The van der Waals surface area contributed by atoms with E-state index in [1.165, 1.54) is 12.8 Å². The molecule has 1 amide bonds. The number of halogens is 1. The van der Waals surface area contributed by atoms with E-state index in [4.69, 9.17) is 16.3 Å². The van der Waals surface area contributed by atoms with Crippen molar-refractivity contribution < 1.29 is 9.53 Å². The Kier molecular flexibility index (Phi) is 4.93. The van der Waals surface area contributed by atoms with Crippen LogP contribution in [0.3, 0.4) is 0 Å². The van der Waals surface area contributed by atoms with E-state index in [2.05, 4.69) is 14.9 Å². The molecule has 7 heteroatoms. The molecule has 1 saturated heterocycles. The number of carbonyl (C=O) groups is 1. The second kappa shape index (κ2) is 7.50. The molecule has 4 rings (SSSR count). The van der Waals surface area contributed by atoms with Crippen molar-refractivity contribution in [2.45, 2.75) is 18.8 Å². The average molecular weight is 373 g/mol. The number of carbonyl (C=O) groups excluding carboxylic acids is 1. The molecule has 2 aliphatic rings. The maximum atomic E-state index is 12.4. The fourth-order valence-corrected chi connectivity index (χ4v) is 3.16. The Hall–Kier alpha value is -2.34. The van der Waals surface area contributed by atoms with E-state index >= 15 is 0 Å². The van der Waals surface area contributed by atoms with Crippen molar-refractivity contribution in [2.75, 3.05) is 37.7 Å². The van der Waals surface area contributed by atoms with Crippen molar-refractivity contribution in [1.82, 2.24) is 14.9 Å². The zero-order valence-corrected chi connectivity index (χ0v) is 15.2. The van der Waals surface area contributed by atoms with Crippen LogP contribution in [-0.2, 0) is 4.79 Å². The van der Waals surface area contributed by atoms with Crippen LogP contribution in [0.1, 0.15) is 24.6 Å². The summed E-state index contributed by atoms with van der Waals surface area (Å²) in [6, 6.07) is 8.97. The summed E-state index contributed by atoms with van der Waals surface area (Å²) in [5, 5.41) is 0.648. The van der Waals surface area contributed by atoms with Crippen LogP contribution in [0.25, 0.3) is 0 Å². The molecule has 0 radical (unpaired) electrons. The van der Waals surface area contributed by atoms with Gasteiger partial charge in [0.2, 0.25) is 0 Å². The minimum atomic E-state index is 0.000886. The fraction of sp³-hybridized carbons (Fsp3) is 0.421. The van der Waals surface area contributed by atoms with Gasteiger partial charge in [-0.05, 0) is 43.2 Å². The molecule has 0 spiro atoms. The normalized spacial score (nSPS) is 17.3. The van der Waals surface area contributed by atoms with Crippen molar-refractivity contribution in [3.8, 4) is 5.75 Å². The van der Waals surface area contributed by atoms with Gasteiger partial charge in [0, 0.05) is 43.3 Å². The Bertz CT molecular complexity index is 771. The van der Waals surface area contributed by atoms with Gasteiger partial charge in [-0.1, -0.05) is 11.6 Å². The molecule has 6 nitrogen and oxygen atoms in total. The van der Waals surface area contributed by atoms with Gasteiger partial charge < -0.3 is 14.5 Å². The van der Waals surface area contributed by atoms with Crippen LogP contribution < -0.4 is 9.64 Å². The second-order valence-corrected chi connectivity index (χ2v) is 7.09. The maximum absolute atomic E-state index is 12.4. The van der Waals surface area contributed by atoms with E-state index in [1.807, 2.05) is 17.2 Å². The number of nitrogens with zero attached hydrogens (tertiary/aromatic N) is 4. The molecule has 2 heterocycles. The molecule has 1 aromatic heterocycles. The number of rotatable bonds is 5. The second-order valence-electron chi connectivity index (χ2n) is 6.66. The van der Waals surface area contributed by atoms with Crippen LogP contribution in [0.4, 0.5) is 5.82 Å². The summed E-state index contributed by atoms with van der Waals surface area (Å²) in [5.41, 5.74) is 0. The molecule has 0 N–H and O–H groups in total. The zero-order chi connectivity index (χ0) is 17.9. The number of piperazine rings is 1. The molecule has 1 aliphatic heterocycles. The lowest BCUT2D eigenvalue weighted by atomic mass is 10.3. The Morgan fingerprint density at radius 3 is 2.54 bits per heavy atom. The van der Waals surface area contributed by atoms with Gasteiger partial charge in [-0.25, -0.2) is 9.97 Å². The largest absolute Gasteiger partial charge is 0.484 e. The van der Waals surface area contributed by atoms with Crippen LogP contribution in [0, 0.1) is 0 Å². The first-order valence-electron chi connectivity index (χ1n) is 8.93. The van der Waals surface area contributed by atoms with E-state index in [-0.39, 0.29) is 12.5 Å². The van der Waals surface area contributed by atoms with Gasteiger partial charge in [-0.3, -0.25) is 4.79 Å². The van der Waals surface area contributed by atoms with Crippen molar-refractivity contribution in [1.29, 1.82) is 0 Å². The topological polar surface area (TPSA) is 58.6 Å². The number of aromatic nitrogens is 2. The summed E-state index contributed by atoms with van der Waals surface area (Å²) in [5.74, 6) is 3.11. The van der Waals surface area contributed by atoms with Gasteiger partial charge >= 0.3 is 0 Å². The molecular formula is C19H21ClN4O2. The molecule has 2 fully saturated rings. The first kappa shape index (κ1) is 17.1. The van der Waals surface area contributed by atoms with Gasteiger partial charge in [0.15, 0.2) is 6.61 Å². The van der Waals surface area contributed by atoms with Gasteiger partial charge in [-0.2, -0.15) is 0 Å². The zero-order valence-electron chi connectivity index (χ0n) is 14.5. The number of hydrogen-bond donors (Lipinski definition) is 0. The number of ether oxygens (including phenoxy) is 1. The summed E-state index contributed by atoms with van der Waals surface area (Å²) in [6.45, 7) is 2.93. The van der Waals surface area contributed by atoms with Crippen molar-refractivity contribution in [2.24, 2.45) is 0 Å². The highest BCUT2D eigenvalue weighted by Crippen LogP contribution is 2.38. The molecule has 0 unspecified atom stereocenters. The third-order valence-corrected chi connectivity index (χ3v) is 4.99. The molecular weight excluding hydrogens is 352 g/mol. The fourth-order valence-electron chi connectivity index (χ4n) is 3.03. The smallest absolute Gasteiger partial charge is 0.260 e. The molecule has 0 atom stereocenters. The third kappa shape index (κ3) is 4.07. The molecule has 2 aromatic rings. The van der Waals surface area contributed by atoms with Gasteiger partial charge in [-0.15, -0.1) is 0 Å². The highest BCUT2D eigenvalue weighted by molar-refractivity contribution is 6.30. The summed E-state index contributed by atoms with van der Waals surface area (Å²) < 4.78 is 5.55. The van der Waals surface area contributed by atoms with E-state index in [1.54, 1.807) is 24.3 Å². The average Bonchev–Trinajstić information content (AvgIpc) is 3.53. The number of hydrogen-bond acceptors (Lipinski definition) is 5. The summed E-state index contributed by atoms with van der Waals surface area (Å²) in [6.07, 6.45) is 4.23. The first-order valence-corrected chi connectivity index (χ1v) is 9.31. The highest BCUT2D eigenvalue weighted by atomic mass is 35.5. The molecule has 136 valence electrons. The number of benzene rings is 1. The van der Waals surface area contributed by atoms with Crippen molar-refractivity contribution in [3.63, 3.8) is 0 Å². The number of amides is 1. The predicted molar refractivity (Wildman–Crippen MR) is 99.7 cm³/mol. The Labute approximate surface area is 157 Å². The van der Waals surface area contributed by atoms with E-state index < -0.39 is 0 Å². The molecule has 1 saturated carbocycles. The van der Waals surface area contributed by atoms with Gasteiger partial charge in [0.25, 0.3) is 5.91 Å². The van der Waals surface area contributed by atoms with Gasteiger partial charge in [0.05, 0.1) is 0 Å². The van der Waals surface area contributed by atoms with Crippen molar-refractivity contribution >= 4 is 23.3 Å². The van der Waals surface area contributed by atoms with Gasteiger partial charge in [0.1, 0.15) is 17.4 Å². The Balaban J connectivity index is 1.28. The quantitative estimate of drug-likeness (QED) is 0.807. The summed E-state index contributed by atoms with van der Waals surface area (Å²) in [4.78, 5) is 25.5. The molecule has 26 heavy (non-hydrogen) atoms. The van der Waals surface area contributed by atoms with Crippen LogP contribution in [-0.4, -0.2) is 53.6 Å². The lowest BCUT2D eigenvalue weighted by molar-refractivity contribution is -0.133. The highest BCUT2D eigenvalue weighted by Gasteiger charge is 2.28. The van der Waals surface area contributed by atoms with E-state index in [0.29, 0.717) is 29.8 Å². The van der Waals surface area contributed by atoms with E-state index in [0.717, 1.165) is 24.7 Å². The van der Waals surface area contributed by atoms with Crippen molar-refractivity contribution in [3.05, 3.63) is 47.4 Å². The molecule has 1 aromatic carbocycles. The monoisotopic (exact) mass is 372 g/mol. The third-order valence-electron chi connectivity index (χ3n) is 4.73. The molecule has 1 aliphatic carbocycles. The maximum Gasteiger partial charge on any atom is 0.260 e. The Morgan fingerprint density at radius 1 is 1.12 bits per heavy atom. The van der Waals surface area contributed by atoms with Crippen LogP contribution in [0.5, 0.6) is 5.75 Å². The Morgan fingerprint density at radius 2 is 1.85 bits per heavy atom. The lowest BCUT2D eigenvalue weighted by Crippen LogP contribution is -2.50. The first-order chi connectivity index (χ1) is 12.7. The SMILES string of the molecule is O=C(COc1ccc(Cl)cc1)N1CCN(c2ccnc(C3CC3)n2)CC1. The lowest BCUT2D eigenvalue weighted by Gasteiger charge is -2.35. The minimum Gasteiger partial charge on any atom is -0.484 e. The van der Waals surface area contributed by atoms with Crippen LogP contribution in [0.2, 0.25) is 5.02 Å². The van der Waals surface area contributed by atoms with E-state index in [9.17, 15) is 4.79 Å². The standard InChI is InChI=1S/C19H21ClN4O2/c20-15-3-5-16(6-4-15)26-13-18(25)24-11-9-23(10-12-24)17-7-8-21-19(22-17)14-1-2-14/h3-8,14H,1-2,9-13H2. The molecule has 0 bridgehead atoms. The minimum absolute atomic E-state index is 0.000886. The van der Waals surface area contributed by atoms with Crippen LogP contribution in [0.15, 0.2) is 36.5 Å². The number of anilines is 1. The summed E-state index contributed by atoms with van der Waals surface area (Å²) in [7, 11) is 0.